The second-order valence-electron chi connectivity index (χ2n) is 2.61. The first kappa shape index (κ1) is 14.2. The molecule has 0 aromatic rings. The molecule has 2 atom stereocenters. The normalized spacial score (nSPS) is 18.9. The van der Waals surface area contributed by atoms with Gasteiger partial charge in [-0.3, -0.25) is 9.13 Å². The van der Waals surface area contributed by atoms with Crippen LogP contribution in [0.25, 0.3) is 0 Å². The third-order valence-electron chi connectivity index (χ3n) is 1.54. The summed E-state index contributed by atoms with van der Waals surface area (Å²) in [7, 11) is -9.30. The molecule has 14 heavy (non-hydrogen) atoms. The highest BCUT2D eigenvalue weighted by molar-refractivity contribution is 7.71. The molecule has 0 aliphatic carbocycles. The fourth-order valence-electron chi connectivity index (χ4n) is 0.866. The standard InChI is InChI=1S/C4H13NO7P2/c5-12-14(10,11)4(2-1-3-6)13(7,8)9/h4,6H,1-3,5H2,(H,10,11)(H2,7,8,9). The molecule has 0 radical (unpaired) electrons. The van der Waals surface area contributed by atoms with Crippen LogP contribution in [0, 0.1) is 0 Å². The maximum Gasteiger partial charge on any atom is 0.359 e. The van der Waals surface area contributed by atoms with Crippen LogP contribution in [-0.4, -0.2) is 31.8 Å². The first-order chi connectivity index (χ1) is 6.25. The van der Waals surface area contributed by atoms with Crippen molar-refractivity contribution in [3.63, 3.8) is 0 Å². The Balaban J connectivity index is 4.74. The van der Waals surface area contributed by atoms with Gasteiger partial charge in [0.05, 0.1) is 0 Å². The van der Waals surface area contributed by atoms with E-state index in [1.807, 2.05) is 0 Å². The van der Waals surface area contributed by atoms with Crippen molar-refractivity contribution in [2.24, 2.45) is 5.90 Å². The molecule has 0 rings (SSSR count). The second kappa shape index (κ2) is 5.34. The summed E-state index contributed by atoms with van der Waals surface area (Å²) in [5, 5.41) is 6.54. The summed E-state index contributed by atoms with van der Waals surface area (Å²) in [6, 6.07) is 0. The Kier molecular flexibility index (Phi) is 5.43. The van der Waals surface area contributed by atoms with Gasteiger partial charge >= 0.3 is 15.2 Å². The average Bonchev–Trinajstić information content (AvgIpc) is 2.02. The highest BCUT2D eigenvalue weighted by atomic mass is 31.2. The summed E-state index contributed by atoms with van der Waals surface area (Å²) in [4.78, 5) is 26.4. The van der Waals surface area contributed by atoms with Crippen LogP contribution in [0.2, 0.25) is 0 Å². The number of aliphatic hydroxyl groups excluding tert-OH is 1. The Bertz CT molecular complexity index is 262. The average molecular weight is 249 g/mol. The zero-order chi connectivity index (χ0) is 11.4. The van der Waals surface area contributed by atoms with E-state index in [9.17, 15) is 9.13 Å². The lowest BCUT2D eigenvalue weighted by Gasteiger charge is -2.20. The van der Waals surface area contributed by atoms with E-state index >= 15 is 0 Å². The Labute approximate surface area is 80.3 Å². The summed E-state index contributed by atoms with van der Waals surface area (Å²) in [6.07, 6.45) is -0.366. The van der Waals surface area contributed by atoms with Crippen molar-refractivity contribution in [2.45, 2.75) is 18.2 Å². The van der Waals surface area contributed by atoms with E-state index in [4.69, 9.17) is 19.8 Å². The maximum absolute atomic E-state index is 11.1. The Hall–Kier alpha value is 0.220. The van der Waals surface area contributed by atoms with Crippen molar-refractivity contribution in [1.82, 2.24) is 0 Å². The van der Waals surface area contributed by atoms with Crippen LogP contribution in [0.5, 0.6) is 0 Å². The predicted octanol–water partition coefficient (Wildman–Crippen LogP) is -0.662. The Morgan fingerprint density at radius 3 is 2.07 bits per heavy atom. The quantitative estimate of drug-likeness (QED) is 0.307. The fraction of sp³-hybridized carbons (Fsp3) is 1.00. The van der Waals surface area contributed by atoms with Crippen LogP contribution in [0.1, 0.15) is 12.8 Å². The molecule has 0 aromatic heterocycles. The molecule has 2 unspecified atom stereocenters. The molecule has 0 heterocycles. The molecule has 0 spiro atoms. The molecule has 0 aliphatic rings. The number of aliphatic hydroxyl groups is 1. The van der Waals surface area contributed by atoms with E-state index in [0.717, 1.165) is 0 Å². The second-order valence-corrected chi connectivity index (χ2v) is 6.78. The molecule has 0 saturated carbocycles. The van der Waals surface area contributed by atoms with Gasteiger partial charge < -0.3 is 19.8 Å². The maximum atomic E-state index is 11.1. The van der Waals surface area contributed by atoms with E-state index in [2.05, 4.69) is 10.5 Å². The molecule has 10 heteroatoms. The zero-order valence-electron chi connectivity index (χ0n) is 7.18. The Morgan fingerprint density at radius 1 is 1.29 bits per heavy atom. The lowest BCUT2D eigenvalue weighted by Crippen LogP contribution is -2.14. The number of rotatable bonds is 6. The monoisotopic (exact) mass is 249 g/mol. The molecule has 0 saturated heterocycles. The van der Waals surface area contributed by atoms with Crippen molar-refractivity contribution in [2.75, 3.05) is 6.61 Å². The topological polar surface area (TPSA) is 150 Å². The summed E-state index contributed by atoms with van der Waals surface area (Å²) in [5.74, 6) is 4.46. The third-order valence-corrected chi connectivity index (χ3v) is 5.66. The van der Waals surface area contributed by atoms with E-state index in [-0.39, 0.29) is 19.4 Å². The van der Waals surface area contributed by atoms with Crippen molar-refractivity contribution in [3.05, 3.63) is 0 Å². The van der Waals surface area contributed by atoms with Crippen LogP contribution >= 0.6 is 15.2 Å². The van der Waals surface area contributed by atoms with Gasteiger partial charge in [0.25, 0.3) is 0 Å². The van der Waals surface area contributed by atoms with Gasteiger partial charge in [0.2, 0.25) is 0 Å². The highest BCUT2D eigenvalue weighted by Gasteiger charge is 2.44. The fourth-order valence-corrected chi connectivity index (χ4v) is 3.72. The number of hydrogen-bond donors (Lipinski definition) is 5. The summed E-state index contributed by atoms with van der Waals surface area (Å²) < 4.78 is 25.5. The van der Waals surface area contributed by atoms with Gasteiger partial charge in [-0.25, -0.2) is 10.5 Å². The van der Waals surface area contributed by atoms with Gasteiger partial charge in [-0.05, 0) is 12.8 Å². The van der Waals surface area contributed by atoms with E-state index in [1.165, 1.54) is 0 Å². The smallest absolute Gasteiger partial charge is 0.359 e. The minimum atomic E-state index is -4.77. The number of nitrogens with two attached hydrogens (primary N) is 1. The SMILES string of the molecule is NOP(=O)(O)C(CCCO)P(=O)(O)O. The Morgan fingerprint density at radius 2 is 1.79 bits per heavy atom. The minimum absolute atomic E-state index is 0.0241. The molecule has 0 aliphatic heterocycles. The highest BCUT2D eigenvalue weighted by Crippen LogP contribution is 2.63. The van der Waals surface area contributed by atoms with Crippen molar-refractivity contribution in [1.29, 1.82) is 0 Å². The molecule has 86 valence electrons. The molecule has 0 amide bonds. The molecular weight excluding hydrogens is 236 g/mol. The molecule has 0 bridgehead atoms. The van der Waals surface area contributed by atoms with Gasteiger partial charge in [0.15, 0.2) is 5.40 Å². The van der Waals surface area contributed by atoms with Crippen LogP contribution in [0.15, 0.2) is 0 Å². The lowest BCUT2D eigenvalue weighted by atomic mass is 10.4. The van der Waals surface area contributed by atoms with Crippen molar-refractivity contribution in [3.8, 4) is 0 Å². The number of hydrogen-bond acceptors (Lipinski definition) is 5. The van der Waals surface area contributed by atoms with E-state index in [0.29, 0.717) is 0 Å². The van der Waals surface area contributed by atoms with Crippen LogP contribution in [0.4, 0.5) is 0 Å². The summed E-state index contributed by atoms with van der Waals surface area (Å²) in [5.41, 5.74) is 0. The van der Waals surface area contributed by atoms with Gasteiger partial charge in [-0.1, -0.05) is 0 Å². The summed E-state index contributed by atoms with van der Waals surface area (Å²) >= 11 is 0. The van der Waals surface area contributed by atoms with Crippen molar-refractivity contribution < 1.29 is 33.5 Å². The van der Waals surface area contributed by atoms with Crippen LogP contribution in [-0.2, 0) is 13.8 Å². The summed E-state index contributed by atoms with van der Waals surface area (Å²) in [6.45, 7) is -0.346. The predicted molar refractivity (Wildman–Crippen MR) is 47.2 cm³/mol. The van der Waals surface area contributed by atoms with Gasteiger partial charge in [-0.2, -0.15) is 0 Å². The first-order valence-electron chi connectivity index (χ1n) is 3.62. The molecule has 0 fully saturated rings. The molecule has 8 nitrogen and oxygen atoms in total. The van der Waals surface area contributed by atoms with Crippen LogP contribution < -0.4 is 5.90 Å². The van der Waals surface area contributed by atoms with E-state index < -0.39 is 20.6 Å². The minimum Gasteiger partial charge on any atom is -0.396 e. The first-order valence-corrected chi connectivity index (χ1v) is 6.95. The molecular formula is C4H13NO7P2. The van der Waals surface area contributed by atoms with Gasteiger partial charge in [0, 0.05) is 6.61 Å². The molecule has 0 aromatic carbocycles. The lowest BCUT2D eigenvalue weighted by molar-refractivity contribution is 0.250. The van der Waals surface area contributed by atoms with Crippen LogP contribution in [0.3, 0.4) is 0 Å². The van der Waals surface area contributed by atoms with Crippen molar-refractivity contribution >= 4 is 15.2 Å². The van der Waals surface area contributed by atoms with Gasteiger partial charge in [-0.15, -0.1) is 0 Å². The van der Waals surface area contributed by atoms with Gasteiger partial charge in [0.1, 0.15) is 0 Å². The zero-order valence-corrected chi connectivity index (χ0v) is 8.97. The third kappa shape index (κ3) is 4.16. The van der Waals surface area contributed by atoms with E-state index in [1.54, 1.807) is 0 Å². The molecule has 6 N–H and O–H groups in total. The largest absolute Gasteiger partial charge is 0.396 e.